The molecule has 0 amide bonds. The Hall–Kier alpha value is -0.440. The van der Waals surface area contributed by atoms with Crippen LogP contribution in [0.25, 0.3) is 0 Å². The summed E-state index contributed by atoms with van der Waals surface area (Å²) in [4.78, 5) is 12.6. The van der Waals surface area contributed by atoms with E-state index < -0.39 is 24.4 Å². The topological polar surface area (TPSA) is 127 Å². The molecular weight excluding hydrogens is 1140 g/mol. The number of unbranched alkanes of at least 4 members (excludes halogenated alkanes) is 35. The first-order valence-corrected chi connectivity index (χ1v) is 41.5. The predicted molar refractivity (Wildman–Crippen MR) is 403 cm³/mol. The second-order valence-electron chi connectivity index (χ2n) is 29.9. The Morgan fingerprint density at radius 1 is 0.315 bits per heavy atom. The van der Waals surface area contributed by atoms with Crippen LogP contribution in [0.4, 0.5) is 0 Å². The Morgan fingerprint density at radius 3 is 0.848 bits per heavy atom. The van der Waals surface area contributed by atoms with Gasteiger partial charge in [0.15, 0.2) is 0 Å². The molecule has 0 saturated carbocycles. The van der Waals surface area contributed by atoms with Crippen LogP contribution in [0.1, 0.15) is 371 Å². The molecule has 1 aliphatic heterocycles. The van der Waals surface area contributed by atoms with E-state index in [4.69, 9.17) is 4.74 Å². The lowest BCUT2D eigenvalue weighted by molar-refractivity contribution is -0.0190. The van der Waals surface area contributed by atoms with Crippen LogP contribution in [-0.2, 0) is 4.74 Å². The first-order valence-electron chi connectivity index (χ1n) is 41.5. The van der Waals surface area contributed by atoms with Crippen LogP contribution in [-0.4, -0.2) is 191 Å². The summed E-state index contributed by atoms with van der Waals surface area (Å²) < 4.78 is 6.54. The molecule has 0 bridgehead atoms. The summed E-state index contributed by atoms with van der Waals surface area (Å²) in [6.45, 7) is 35.5. The minimum Gasteiger partial charge on any atom is -0.392 e. The second-order valence-corrected chi connectivity index (χ2v) is 29.9. The molecule has 5 N–H and O–H groups in total. The lowest BCUT2D eigenvalue weighted by Crippen LogP contribution is -2.53. The van der Waals surface area contributed by atoms with Gasteiger partial charge in [0.05, 0.1) is 36.6 Å². The van der Waals surface area contributed by atoms with E-state index in [0.29, 0.717) is 51.2 Å². The Bertz CT molecular complexity index is 1370. The van der Waals surface area contributed by atoms with Crippen molar-refractivity contribution in [1.82, 2.24) is 24.5 Å². The second kappa shape index (κ2) is 69.1. The van der Waals surface area contributed by atoms with E-state index in [-0.39, 0.29) is 12.2 Å². The van der Waals surface area contributed by atoms with Crippen molar-refractivity contribution in [2.45, 2.75) is 408 Å². The van der Waals surface area contributed by atoms with Crippen molar-refractivity contribution in [2.75, 3.05) is 105 Å². The van der Waals surface area contributed by atoms with Crippen LogP contribution in [0, 0.1) is 11.8 Å². The zero-order chi connectivity index (χ0) is 67.8. The highest BCUT2D eigenvalue weighted by Gasteiger charge is 2.29. The van der Waals surface area contributed by atoms with E-state index >= 15 is 0 Å². The monoisotopic (exact) mass is 1310 g/mol. The number of rotatable bonds is 70. The van der Waals surface area contributed by atoms with Gasteiger partial charge in [-0.25, -0.2) is 0 Å². The molecule has 1 fully saturated rings. The minimum atomic E-state index is -0.397. The van der Waals surface area contributed by atoms with Crippen LogP contribution in [0.2, 0.25) is 0 Å². The van der Waals surface area contributed by atoms with Crippen LogP contribution < -0.4 is 0 Å². The fourth-order valence-corrected chi connectivity index (χ4v) is 14.1. The van der Waals surface area contributed by atoms with E-state index in [9.17, 15) is 25.5 Å². The fourth-order valence-electron chi connectivity index (χ4n) is 14.1. The molecular formula is C81H169N5O6. The number of aliphatic hydroxyl groups is 5. The van der Waals surface area contributed by atoms with Crippen LogP contribution in [0.5, 0.6) is 0 Å². The van der Waals surface area contributed by atoms with Crippen LogP contribution >= 0.6 is 0 Å². The SMILES string of the molecule is CCC.CCCCCCCCCCC(O)CN(CC(O)CCCCCCCCCC)CC(CN1CCN(CCN(CC(O)CCCCCCCCCC)CC(CN(CC(O)CCCCCCCCCC)CC(O)CCCCCCCCCC)C(C)CC)CC1)OCC. The molecule has 0 aliphatic carbocycles. The molecule has 0 aromatic rings. The molecule has 1 heterocycles. The Morgan fingerprint density at radius 2 is 0.565 bits per heavy atom. The van der Waals surface area contributed by atoms with Gasteiger partial charge in [-0.3, -0.25) is 24.5 Å². The third-order valence-electron chi connectivity index (χ3n) is 20.3. The molecule has 0 aromatic carbocycles. The summed E-state index contributed by atoms with van der Waals surface area (Å²) in [7, 11) is 0. The van der Waals surface area contributed by atoms with Gasteiger partial charge < -0.3 is 30.3 Å². The van der Waals surface area contributed by atoms with Gasteiger partial charge in [-0.1, -0.05) is 332 Å². The molecule has 0 aromatic heterocycles. The quantitative estimate of drug-likeness (QED) is 0.0374. The molecule has 11 nitrogen and oxygen atoms in total. The van der Waals surface area contributed by atoms with Gasteiger partial charge in [-0.05, 0) is 50.9 Å². The molecule has 92 heavy (non-hydrogen) atoms. The first-order chi connectivity index (χ1) is 44.8. The van der Waals surface area contributed by atoms with Gasteiger partial charge in [0.2, 0.25) is 0 Å². The molecule has 1 rings (SSSR count). The number of nitrogens with zero attached hydrogens (tertiary/aromatic N) is 5. The summed E-state index contributed by atoms with van der Waals surface area (Å²) in [6, 6.07) is 0. The summed E-state index contributed by atoms with van der Waals surface area (Å²) in [5, 5.41) is 58.1. The van der Waals surface area contributed by atoms with Crippen LogP contribution in [0.3, 0.4) is 0 Å². The summed E-state index contributed by atoms with van der Waals surface area (Å²) in [5.74, 6) is 0.818. The van der Waals surface area contributed by atoms with E-state index in [0.717, 1.165) is 136 Å². The highest BCUT2D eigenvalue weighted by molar-refractivity contribution is 4.83. The van der Waals surface area contributed by atoms with Crippen molar-refractivity contribution < 1.29 is 30.3 Å². The molecule has 1 aliphatic rings. The molecule has 0 radical (unpaired) electrons. The van der Waals surface area contributed by atoms with Crippen molar-refractivity contribution in [1.29, 1.82) is 0 Å². The lowest BCUT2D eigenvalue weighted by atomic mass is 9.90. The standard InChI is InChI=1S/C78H161N5O6.C3H8/c1-9-16-21-26-31-36-41-46-51-73(84)64-81(62-72(71(8)14-6)63-82(65-74(85)52-47-42-37-32-27-22-17-10-2)66-75(86)53-48-43-38-33-28-23-18-11-3)61-58-79-56-59-80(60-57-79)69-78(89-15-7)70-83(67-76(87)54-49-44-39-34-29-24-19-12-4)68-77(88)55-50-45-40-35-30-25-20-13-5;1-3-2/h71-78,84-88H,9-70H2,1-8H3;3H2,1-2H3. The first kappa shape index (κ1) is 91.6. The fraction of sp³-hybridized carbons (Fsp3) is 1.00. The highest BCUT2D eigenvalue weighted by atomic mass is 16.5. The lowest BCUT2D eigenvalue weighted by Gasteiger charge is -2.39. The molecule has 0 spiro atoms. The average Bonchev–Trinajstić information content (AvgIpc) is 1.65. The maximum Gasteiger partial charge on any atom is 0.0828 e. The third-order valence-corrected chi connectivity index (χ3v) is 20.3. The van der Waals surface area contributed by atoms with Crippen molar-refractivity contribution in [3.63, 3.8) is 0 Å². The van der Waals surface area contributed by atoms with Crippen molar-refractivity contribution in [3.8, 4) is 0 Å². The Labute approximate surface area is 576 Å². The van der Waals surface area contributed by atoms with E-state index in [1.165, 1.54) is 231 Å². The summed E-state index contributed by atoms with van der Waals surface area (Å²) in [5.41, 5.74) is 0. The van der Waals surface area contributed by atoms with E-state index in [2.05, 4.69) is 93.7 Å². The number of piperazine rings is 1. The summed E-state index contributed by atoms with van der Waals surface area (Å²) >= 11 is 0. The maximum atomic E-state index is 11.8. The highest BCUT2D eigenvalue weighted by Crippen LogP contribution is 2.23. The maximum absolute atomic E-state index is 11.8. The van der Waals surface area contributed by atoms with Gasteiger partial charge in [-0.2, -0.15) is 0 Å². The van der Waals surface area contributed by atoms with E-state index in [1.54, 1.807) is 0 Å². The van der Waals surface area contributed by atoms with Gasteiger partial charge in [-0.15, -0.1) is 0 Å². The normalized spacial score (nSPS) is 16.1. The number of aliphatic hydroxyl groups excluding tert-OH is 5. The average molecular weight is 1310 g/mol. The molecule has 8 unspecified atom stereocenters. The molecule has 1 saturated heterocycles. The van der Waals surface area contributed by atoms with Gasteiger partial charge in [0.25, 0.3) is 0 Å². The van der Waals surface area contributed by atoms with Gasteiger partial charge >= 0.3 is 0 Å². The Kier molecular flexibility index (Phi) is 68.7. The van der Waals surface area contributed by atoms with Crippen LogP contribution in [0.15, 0.2) is 0 Å². The van der Waals surface area contributed by atoms with Crippen molar-refractivity contribution in [3.05, 3.63) is 0 Å². The minimum absolute atomic E-state index is 0.00437. The number of ether oxygens (including phenoxy) is 1. The predicted octanol–water partition coefficient (Wildman–Crippen LogP) is 19.5. The molecule has 11 heteroatoms. The molecule has 554 valence electrons. The third kappa shape index (κ3) is 58.5. The van der Waals surface area contributed by atoms with Crippen molar-refractivity contribution in [2.24, 2.45) is 11.8 Å². The van der Waals surface area contributed by atoms with Gasteiger partial charge in [0.1, 0.15) is 0 Å². The zero-order valence-electron chi connectivity index (χ0n) is 64.0. The molecule has 8 atom stereocenters. The zero-order valence-corrected chi connectivity index (χ0v) is 64.0. The number of hydrogen-bond donors (Lipinski definition) is 5. The smallest absolute Gasteiger partial charge is 0.0828 e. The van der Waals surface area contributed by atoms with Crippen molar-refractivity contribution >= 4 is 0 Å². The summed E-state index contributed by atoms with van der Waals surface area (Å²) in [6.07, 6.45) is 55.1. The Balaban J connectivity index is 0.0000270. The van der Waals surface area contributed by atoms with E-state index in [1.807, 2.05) is 0 Å². The largest absolute Gasteiger partial charge is 0.392 e. The number of hydrogen-bond acceptors (Lipinski definition) is 11. The van der Waals surface area contributed by atoms with Gasteiger partial charge in [0, 0.05) is 105 Å².